The molecule has 1 aliphatic heterocycles. The summed E-state index contributed by atoms with van der Waals surface area (Å²) in [5.74, 6) is 0. The van der Waals surface area contributed by atoms with Crippen LogP contribution in [0.2, 0.25) is 0 Å². The summed E-state index contributed by atoms with van der Waals surface area (Å²) in [5, 5.41) is 10.9. The molecule has 0 saturated carbocycles. The molecule has 0 unspecified atom stereocenters. The van der Waals surface area contributed by atoms with Crippen molar-refractivity contribution >= 4 is 11.8 Å². The first-order valence-corrected chi connectivity index (χ1v) is 6.41. The molecule has 0 aliphatic carbocycles. The molecule has 0 aromatic heterocycles. The minimum Gasteiger partial charge on any atom is -0.304 e. The lowest BCUT2D eigenvalue weighted by atomic mass is 10.1. The molecule has 1 aliphatic rings. The van der Waals surface area contributed by atoms with Crippen molar-refractivity contribution in [1.29, 1.82) is 0 Å². The summed E-state index contributed by atoms with van der Waals surface area (Å²) >= 11 is 0. The summed E-state index contributed by atoms with van der Waals surface area (Å²) in [5.41, 5.74) is 1.82. The number of nitro benzene ring substituents is 1. The second-order valence-electron chi connectivity index (χ2n) is 4.93. The number of rotatable bonds is 4. The van der Waals surface area contributed by atoms with E-state index in [0.29, 0.717) is 5.56 Å². The predicted octanol–water partition coefficient (Wildman–Crippen LogP) is 1.99. The van der Waals surface area contributed by atoms with Gasteiger partial charge < -0.3 is 4.90 Å². The molecule has 0 atom stereocenters. The molecule has 2 rings (SSSR count). The van der Waals surface area contributed by atoms with Crippen LogP contribution in [0.4, 0.5) is 5.69 Å². The third-order valence-electron chi connectivity index (χ3n) is 3.51. The average molecular weight is 261 g/mol. The Morgan fingerprint density at radius 2 is 2.05 bits per heavy atom. The quantitative estimate of drug-likeness (QED) is 0.614. The highest BCUT2D eigenvalue weighted by Crippen LogP contribution is 2.22. The van der Waals surface area contributed by atoms with Gasteiger partial charge in [0.2, 0.25) is 0 Å². The van der Waals surface area contributed by atoms with Gasteiger partial charge in [-0.05, 0) is 18.7 Å². The van der Waals surface area contributed by atoms with Gasteiger partial charge in [0.15, 0.2) is 0 Å². The zero-order valence-corrected chi connectivity index (χ0v) is 11.2. The summed E-state index contributed by atoms with van der Waals surface area (Å²) in [6.07, 6.45) is 1.55. The summed E-state index contributed by atoms with van der Waals surface area (Å²) in [6, 6.07) is 5.27. The van der Waals surface area contributed by atoms with Crippen LogP contribution in [-0.4, -0.2) is 47.9 Å². The van der Waals surface area contributed by atoms with Crippen molar-refractivity contribution in [2.75, 3.05) is 33.2 Å². The Bertz CT molecular complexity index is 480. The highest BCUT2D eigenvalue weighted by atomic mass is 16.6. The SMILES string of the molecule is C=Cc1cc(CN2CCN(C)CC2)ccc1[N+](=O)[O-]. The van der Waals surface area contributed by atoms with Gasteiger partial charge in [0.1, 0.15) is 0 Å². The van der Waals surface area contributed by atoms with E-state index in [1.807, 2.05) is 12.1 Å². The normalized spacial score (nSPS) is 17.3. The summed E-state index contributed by atoms with van der Waals surface area (Å²) in [4.78, 5) is 15.2. The molecule has 1 saturated heterocycles. The van der Waals surface area contributed by atoms with Crippen LogP contribution in [0.1, 0.15) is 11.1 Å². The van der Waals surface area contributed by atoms with Crippen molar-refractivity contribution in [3.63, 3.8) is 0 Å². The molecule has 0 bridgehead atoms. The highest BCUT2D eigenvalue weighted by molar-refractivity contribution is 5.60. The molecule has 102 valence electrons. The monoisotopic (exact) mass is 261 g/mol. The number of nitrogens with zero attached hydrogens (tertiary/aromatic N) is 3. The van der Waals surface area contributed by atoms with E-state index < -0.39 is 0 Å². The Morgan fingerprint density at radius 3 is 2.63 bits per heavy atom. The Balaban J connectivity index is 2.09. The minimum absolute atomic E-state index is 0.122. The summed E-state index contributed by atoms with van der Waals surface area (Å²) in [7, 11) is 2.12. The van der Waals surface area contributed by atoms with Gasteiger partial charge >= 0.3 is 0 Å². The van der Waals surface area contributed by atoms with Crippen molar-refractivity contribution in [2.24, 2.45) is 0 Å². The van der Waals surface area contributed by atoms with E-state index in [0.717, 1.165) is 38.3 Å². The van der Waals surface area contributed by atoms with Gasteiger partial charge in [0, 0.05) is 38.8 Å². The molecule has 1 aromatic rings. The third kappa shape index (κ3) is 3.39. The van der Waals surface area contributed by atoms with Crippen molar-refractivity contribution in [2.45, 2.75) is 6.54 Å². The maximum Gasteiger partial charge on any atom is 0.276 e. The molecule has 5 nitrogen and oxygen atoms in total. The van der Waals surface area contributed by atoms with Gasteiger partial charge in [-0.2, -0.15) is 0 Å². The maximum absolute atomic E-state index is 10.9. The fraction of sp³-hybridized carbons (Fsp3) is 0.429. The molecule has 1 heterocycles. The first-order valence-electron chi connectivity index (χ1n) is 6.41. The molecule has 0 amide bonds. The van der Waals surface area contributed by atoms with E-state index in [1.54, 1.807) is 12.1 Å². The number of hydrogen-bond acceptors (Lipinski definition) is 4. The number of likely N-dealkylation sites (N-methyl/N-ethyl adjacent to an activating group) is 1. The van der Waals surface area contributed by atoms with E-state index in [-0.39, 0.29) is 10.6 Å². The number of nitro groups is 1. The van der Waals surface area contributed by atoms with Crippen molar-refractivity contribution < 1.29 is 4.92 Å². The van der Waals surface area contributed by atoms with Crippen molar-refractivity contribution in [3.8, 4) is 0 Å². The van der Waals surface area contributed by atoms with E-state index in [9.17, 15) is 10.1 Å². The highest BCUT2D eigenvalue weighted by Gasteiger charge is 2.16. The van der Waals surface area contributed by atoms with Crippen LogP contribution in [0.15, 0.2) is 24.8 Å². The zero-order valence-electron chi connectivity index (χ0n) is 11.2. The van der Waals surface area contributed by atoms with E-state index in [4.69, 9.17) is 0 Å². The first-order chi connectivity index (χ1) is 9.10. The largest absolute Gasteiger partial charge is 0.304 e. The van der Waals surface area contributed by atoms with Crippen LogP contribution in [0.3, 0.4) is 0 Å². The lowest BCUT2D eigenvalue weighted by Gasteiger charge is -2.32. The molecule has 5 heteroatoms. The van der Waals surface area contributed by atoms with Crippen LogP contribution in [0.25, 0.3) is 6.08 Å². The topological polar surface area (TPSA) is 49.6 Å². The number of hydrogen-bond donors (Lipinski definition) is 0. The van der Waals surface area contributed by atoms with Crippen molar-refractivity contribution in [3.05, 3.63) is 46.0 Å². The lowest BCUT2D eigenvalue weighted by Crippen LogP contribution is -2.43. The zero-order chi connectivity index (χ0) is 13.8. The van der Waals surface area contributed by atoms with Gasteiger partial charge in [-0.3, -0.25) is 15.0 Å². The Kier molecular flexibility index (Phi) is 4.29. The second kappa shape index (κ2) is 5.95. The smallest absolute Gasteiger partial charge is 0.276 e. The van der Waals surface area contributed by atoms with Crippen LogP contribution in [0.5, 0.6) is 0 Å². The molecule has 19 heavy (non-hydrogen) atoms. The van der Waals surface area contributed by atoms with Crippen LogP contribution >= 0.6 is 0 Å². The standard InChI is InChI=1S/C14H19N3O2/c1-3-13-10-12(4-5-14(13)17(18)19)11-16-8-6-15(2)7-9-16/h3-5,10H,1,6-9,11H2,2H3. The van der Waals surface area contributed by atoms with Crippen molar-refractivity contribution in [1.82, 2.24) is 9.80 Å². The molecule has 1 fully saturated rings. The van der Waals surface area contributed by atoms with E-state index >= 15 is 0 Å². The molecule has 1 aromatic carbocycles. The fourth-order valence-corrected chi connectivity index (χ4v) is 2.30. The molecule has 0 N–H and O–H groups in total. The van der Waals surface area contributed by atoms with E-state index in [1.165, 1.54) is 0 Å². The van der Waals surface area contributed by atoms with Gasteiger partial charge in [-0.25, -0.2) is 0 Å². The van der Waals surface area contributed by atoms with Crippen LogP contribution in [0, 0.1) is 10.1 Å². The molecular weight excluding hydrogens is 242 g/mol. The summed E-state index contributed by atoms with van der Waals surface area (Å²) < 4.78 is 0. The van der Waals surface area contributed by atoms with Gasteiger partial charge in [-0.1, -0.05) is 18.7 Å². The Hall–Kier alpha value is -1.72. The molecule has 0 radical (unpaired) electrons. The second-order valence-corrected chi connectivity index (χ2v) is 4.93. The predicted molar refractivity (Wildman–Crippen MR) is 76.0 cm³/mol. The fourth-order valence-electron chi connectivity index (χ4n) is 2.30. The number of benzene rings is 1. The average Bonchev–Trinajstić information content (AvgIpc) is 2.41. The lowest BCUT2D eigenvalue weighted by molar-refractivity contribution is -0.385. The Labute approximate surface area is 113 Å². The number of piperazine rings is 1. The van der Waals surface area contributed by atoms with E-state index in [2.05, 4.69) is 23.4 Å². The first kappa shape index (κ1) is 13.7. The van der Waals surface area contributed by atoms with Crippen LogP contribution < -0.4 is 0 Å². The van der Waals surface area contributed by atoms with Gasteiger partial charge in [0.05, 0.1) is 10.5 Å². The summed E-state index contributed by atoms with van der Waals surface area (Å²) in [6.45, 7) is 8.71. The molecular formula is C14H19N3O2. The minimum atomic E-state index is -0.364. The Morgan fingerprint density at radius 1 is 1.37 bits per heavy atom. The maximum atomic E-state index is 10.9. The van der Waals surface area contributed by atoms with Crippen LogP contribution in [-0.2, 0) is 6.54 Å². The third-order valence-corrected chi connectivity index (χ3v) is 3.51. The molecule has 0 spiro atoms. The van der Waals surface area contributed by atoms with Gasteiger partial charge in [0.25, 0.3) is 5.69 Å². The van der Waals surface area contributed by atoms with Gasteiger partial charge in [-0.15, -0.1) is 0 Å².